The molecule has 0 saturated heterocycles. The molecule has 1 aromatic heterocycles. The van der Waals surface area contributed by atoms with Crippen LogP contribution in [0.25, 0.3) is 0 Å². The molecule has 1 heterocycles. The van der Waals surface area contributed by atoms with Crippen molar-refractivity contribution in [2.75, 3.05) is 6.61 Å². The van der Waals surface area contributed by atoms with E-state index in [1.807, 2.05) is 6.07 Å². The maximum atomic E-state index is 8.68. The van der Waals surface area contributed by atoms with Crippen molar-refractivity contribution in [1.29, 1.82) is 5.26 Å². The molecule has 0 aliphatic carbocycles. The lowest BCUT2D eigenvalue weighted by Gasteiger charge is -2.05. The summed E-state index contributed by atoms with van der Waals surface area (Å²) in [6.45, 7) is -0.140. The summed E-state index contributed by atoms with van der Waals surface area (Å²) in [7, 11) is 0. The summed E-state index contributed by atoms with van der Waals surface area (Å²) in [4.78, 5) is 3.91. The number of hydrogen-bond acceptors (Lipinski definition) is 4. The molecule has 1 aromatic rings. The molecule has 62 valence electrons. The summed E-state index contributed by atoms with van der Waals surface area (Å²) in [6, 6.07) is 4.75. The van der Waals surface area contributed by atoms with E-state index in [9.17, 15) is 0 Å². The lowest BCUT2D eigenvalue weighted by Crippen LogP contribution is -2.15. The van der Waals surface area contributed by atoms with E-state index in [1.54, 1.807) is 12.1 Å². The van der Waals surface area contributed by atoms with Gasteiger partial charge in [-0.1, -0.05) is 0 Å². The van der Waals surface area contributed by atoms with Crippen LogP contribution < -0.4 is 5.73 Å². The predicted molar refractivity (Wildman–Crippen MR) is 43.0 cm³/mol. The van der Waals surface area contributed by atoms with E-state index < -0.39 is 6.04 Å². The van der Waals surface area contributed by atoms with E-state index in [-0.39, 0.29) is 6.61 Å². The summed E-state index contributed by atoms with van der Waals surface area (Å²) < 4.78 is 0. The SMILES string of the molecule is N#Cc1ccc([C@@H](N)CO)nc1. The second-order valence-corrected chi connectivity index (χ2v) is 2.37. The number of nitrogens with two attached hydrogens (primary N) is 1. The zero-order valence-electron chi connectivity index (χ0n) is 6.44. The van der Waals surface area contributed by atoms with Gasteiger partial charge in [-0.05, 0) is 12.1 Å². The zero-order valence-corrected chi connectivity index (χ0v) is 6.44. The minimum absolute atomic E-state index is 0.140. The lowest BCUT2D eigenvalue weighted by molar-refractivity contribution is 0.266. The third-order valence-corrected chi connectivity index (χ3v) is 1.49. The van der Waals surface area contributed by atoms with E-state index in [1.165, 1.54) is 6.20 Å². The number of aliphatic hydroxyl groups excluding tert-OH is 1. The highest BCUT2D eigenvalue weighted by Gasteiger charge is 2.04. The molecule has 0 amide bonds. The maximum absolute atomic E-state index is 8.68. The molecule has 4 heteroatoms. The van der Waals surface area contributed by atoms with E-state index in [0.29, 0.717) is 11.3 Å². The summed E-state index contributed by atoms with van der Waals surface area (Å²) in [5.74, 6) is 0. The monoisotopic (exact) mass is 163 g/mol. The topological polar surface area (TPSA) is 82.9 Å². The Kier molecular flexibility index (Phi) is 2.75. The number of aliphatic hydroxyl groups is 1. The Hall–Kier alpha value is -1.44. The molecule has 1 rings (SSSR count). The molecule has 0 saturated carbocycles. The van der Waals surface area contributed by atoms with Gasteiger partial charge in [0.25, 0.3) is 0 Å². The first-order valence-corrected chi connectivity index (χ1v) is 3.50. The molecule has 1 atom stereocenters. The van der Waals surface area contributed by atoms with Gasteiger partial charge in [-0.15, -0.1) is 0 Å². The fourth-order valence-electron chi connectivity index (χ4n) is 0.784. The molecule has 0 aliphatic heterocycles. The number of nitriles is 1. The second-order valence-electron chi connectivity index (χ2n) is 2.37. The Morgan fingerprint density at radius 2 is 2.42 bits per heavy atom. The Labute approximate surface area is 70.3 Å². The highest BCUT2D eigenvalue weighted by molar-refractivity contribution is 5.27. The van der Waals surface area contributed by atoms with Crippen LogP contribution >= 0.6 is 0 Å². The van der Waals surface area contributed by atoms with E-state index in [2.05, 4.69) is 4.98 Å². The summed E-state index contributed by atoms with van der Waals surface area (Å²) >= 11 is 0. The summed E-state index contributed by atoms with van der Waals surface area (Å²) in [6.07, 6.45) is 1.44. The van der Waals surface area contributed by atoms with Gasteiger partial charge in [0.1, 0.15) is 6.07 Å². The number of nitrogens with zero attached hydrogens (tertiary/aromatic N) is 2. The quantitative estimate of drug-likeness (QED) is 0.640. The third-order valence-electron chi connectivity index (χ3n) is 1.49. The first-order valence-electron chi connectivity index (χ1n) is 3.50. The van der Waals surface area contributed by atoms with E-state index in [4.69, 9.17) is 16.1 Å². The van der Waals surface area contributed by atoms with Crippen LogP contribution in [0, 0.1) is 11.3 Å². The van der Waals surface area contributed by atoms with Gasteiger partial charge in [0.15, 0.2) is 0 Å². The van der Waals surface area contributed by atoms with Crippen molar-refractivity contribution in [2.24, 2.45) is 5.73 Å². The second kappa shape index (κ2) is 3.81. The van der Waals surface area contributed by atoms with Gasteiger partial charge in [0.05, 0.1) is 23.9 Å². The van der Waals surface area contributed by atoms with Crippen LogP contribution in [0.4, 0.5) is 0 Å². The van der Waals surface area contributed by atoms with Gasteiger partial charge in [0, 0.05) is 6.20 Å². The summed E-state index contributed by atoms with van der Waals surface area (Å²) in [5, 5.41) is 17.1. The Bertz CT molecular complexity index is 288. The molecule has 0 bridgehead atoms. The molecule has 0 spiro atoms. The largest absolute Gasteiger partial charge is 0.394 e. The van der Waals surface area contributed by atoms with Crippen LogP contribution in [0.5, 0.6) is 0 Å². The zero-order chi connectivity index (χ0) is 8.97. The van der Waals surface area contributed by atoms with Crippen LogP contribution in [-0.4, -0.2) is 16.7 Å². The van der Waals surface area contributed by atoms with Crippen molar-refractivity contribution < 1.29 is 5.11 Å². The third kappa shape index (κ3) is 1.78. The molecule has 0 radical (unpaired) electrons. The molecular formula is C8H9N3O. The highest BCUT2D eigenvalue weighted by Crippen LogP contribution is 2.06. The van der Waals surface area contributed by atoms with Gasteiger partial charge < -0.3 is 10.8 Å². The Morgan fingerprint density at radius 1 is 1.67 bits per heavy atom. The van der Waals surface area contributed by atoms with Gasteiger partial charge in [-0.2, -0.15) is 5.26 Å². The number of hydrogen-bond donors (Lipinski definition) is 2. The fourth-order valence-corrected chi connectivity index (χ4v) is 0.784. The van der Waals surface area contributed by atoms with Gasteiger partial charge in [0.2, 0.25) is 0 Å². The lowest BCUT2D eigenvalue weighted by atomic mass is 10.2. The van der Waals surface area contributed by atoms with Gasteiger partial charge in [-0.3, -0.25) is 4.98 Å². The molecule has 0 fully saturated rings. The van der Waals surface area contributed by atoms with E-state index in [0.717, 1.165) is 0 Å². The summed E-state index contributed by atoms with van der Waals surface area (Å²) in [5.41, 5.74) is 6.57. The van der Waals surface area contributed by atoms with Crippen molar-refractivity contribution >= 4 is 0 Å². The average Bonchev–Trinajstić information content (AvgIpc) is 2.17. The molecule has 0 aromatic carbocycles. The normalized spacial score (nSPS) is 12.1. The fraction of sp³-hybridized carbons (Fsp3) is 0.250. The number of pyridine rings is 1. The molecule has 3 N–H and O–H groups in total. The minimum atomic E-state index is -0.460. The van der Waals surface area contributed by atoms with Crippen LogP contribution in [-0.2, 0) is 0 Å². The van der Waals surface area contributed by atoms with Crippen molar-refractivity contribution in [2.45, 2.75) is 6.04 Å². The first-order chi connectivity index (χ1) is 5.77. The minimum Gasteiger partial charge on any atom is -0.394 e. The Balaban J connectivity index is 2.86. The van der Waals surface area contributed by atoms with E-state index >= 15 is 0 Å². The van der Waals surface area contributed by atoms with Crippen molar-refractivity contribution in [3.05, 3.63) is 29.6 Å². The Morgan fingerprint density at radius 3 is 2.83 bits per heavy atom. The van der Waals surface area contributed by atoms with Gasteiger partial charge in [-0.25, -0.2) is 0 Å². The molecule has 4 nitrogen and oxygen atoms in total. The van der Waals surface area contributed by atoms with Crippen molar-refractivity contribution in [3.63, 3.8) is 0 Å². The van der Waals surface area contributed by atoms with Crippen molar-refractivity contribution in [3.8, 4) is 6.07 Å². The van der Waals surface area contributed by atoms with Crippen LogP contribution in [0.2, 0.25) is 0 Å². The molecule has 0 aliphatic rings. The average molecular weight is 163 g/mol. The number of rotatable bonds is 2. The van der Waals surface area contributed by atoms with Crippen LogP contribution in [0.1, 0.15) is 17.3 Å². The standard InChI is InChI=1S/C8H9N3O/c9-3-6-1-2-8(11-4-6)7(10)5-12/h1-2,4,7,12H,5,10H2/t7-/m0/s1. The smallest absolute Gasteiger partial charge is 0.101 e. The molecule has 12 heavy (non-hydrogen) atoms. The van der Waals surface area contributed by atoms with Crippen LogP contribution in [0.3, 0.4) is 0 Å². The molecule has 0 unspecified atom stereocenters. The van der Waals surface area contributed by atoms with Crippen LogP contribution in [0.15, 0.2) is 18.3 Å². The maximum Gasteiger partial charge on any atom is 0.101 e. The first kappa shape index (κ1) is 8.65. The predicted octanol–water partition coefficient (Wildman–Crippen LogP) is -0.0546. The van der Waals surface area contributed by atoms with Crippen molar-refractivity contribution in [1.82, 2.24) is 4.98 Å². The highest BCUT2D eigenvalue weighted by atomic mass is 16.3. The van der Waals surface area contributed by atoms with Gasteiger partial charge >= 0.3 is 0 Å². The number of aromatic nitrogens is 1. The molecular weight excluding hydrogens is 154 g/mol.